The van der Waals surface area contributed by atoms with Gasteiger partial charge in [0, 0.05) is 38.3 Å². The van der Waals surface area contributed by atoms with Crippen LogP contribution in [0.4, 0.5) is 0 Å². The van der Waals surface area contributed by atoms with E-state index in [1.54, 1.807) is 0 Å². The molecule has 1 aliphatic heterocycles. The smallest absolute Gasteiger partial charge is 0.0193 e. The zero-order valence-electron chi connectivity index (χ0n) is 9.21. The standard InChI is InChI=1S/C11H23N3/c1-9-7-13-4-5-14(9)8-10-2-3-11(12)6-10/h9-11,13H,2-8,12H2,1H3. The molecule has 1 aliphatic carbocycles. The molecule has 0 aromatic heterocycles. The van der Waals surface area contributed by atoms with E-state index in [1.165, 1.54) is 32.4 Å². The molecule has 3 heteroatoms. The molecule has 14 heavy (non-hydrogen) atoms. The summed E-state index contributed by atoms with van der Waals surface area (Å²) in [7, 11) is 0. The molecular formula is C11H23N3. The fourth-order valence-corrected chi connectivity index (χ4v) is 2.77. The Hall–Kier alpha value is -0.120. The Balaban J connectivity index is 1.78. The second-order valence-corrected chi connectivity index (χ2v) is 4.99. The summed E-state index contributed by atoms with van der Waals surface area (Å²) in [6, 6.07) is 1.19. The first-order valence-corrected chi connectivity index (χ1v) is 5.96. The molecular weight excluding hydrogens is 174 g/mol. The highest BCUT2D eigenvalue weighted by atomic mass is 15.2. The monoisotopic (exact) mass is 197 g/mol. The predicted octanol–water partition coefficient (Wildman–Crippen LogP) is 0.408. The zero-order valence-corrected chi connectivity index (χ0v) is 9.21. The SMILES string of the molecule is CC1CNCCN1CC1CCC(N)C1. The van der Waals surface area contributed by atoms with Crippen molar-refractivity contribution in [1.29, 1.82) is 0 Å². The number of nitrogens with zero attached hydrogens (tertiary/aromatic N) is 1. The van der Waals surface area contributed by atoms with Gasteiger partial charge in [-0.3, -0.25) is 4.90 Å². The predicted molar refractivity (Wildman–Crippen MR) is 59.2 cm³/mol. The average molecular weight is 197 g/mol. The Morgan fingerprint density at radius 1 is 1.43 bits per heavy atom. The molecule has 2 rings (SSSR count). The quantitative estimate of drug-likeness (QED) is 0.673. The number of nitrogens with two attached hydrogens (primary N) is 1. The summed E-state index contributed by atoms with van der Waals surface area (Å²) in [5.74, 6) is 0.866. The number of rotatable bonds is 2. The summed E-state index contributed by atoms with van der Waals surface area (Å²) < 4.78 is 0. The summed E-state index contributed by atoms with van der Waals surface area (Å²) in [4.78, 5) is 2.62. The lowest BCUT2D eigenvalue weighted by Crippen LogP contribution is -2.51. The molecule has 3 atom stereocenters. The number of nitrogens with one attached hydrogen (secondary N) is 1. The first-order valence-electron chi connectivity index (χ1n) is 5.96. The lowest BCUT2D eigenvalue weighted by Gasteiger charge is -2.35. The van der Waals surface area contributed by atoms with Crippen LogP contribution in [0, 0.1) is 5.92 Å². The molecule has 3 unspecified atom stereocenters. The maximum Gasteiger partial charge on any atom is 0.0193 e. The van der Waals surface area contributed by atoms with Gasteiger partial charge in [0.1, 0.15) is 0 Å². The Morgan fingerprint density at radius 3 is 2.93 bits per heavy atom. The van der Waals surface area contributed by atoms with E-state index in [0.29, 0.717) is 12.1 Å². The second-order valence-electron chi connectivity index (χ2n) is 4.99. The highest BCUT2D eigenvalue weighted by Gasteiger charge is 2.26. The van der Waals surface area contributed by atoms with Crippen LogP contribution in [0.3, 0.4) is 0 Å². The summed E-state index contributed by atoms with van der Waals surface area (Å²) in [5.41, 5.74) is 5.93. The summed E-state index contributed by atoms with van der Waals surface area (Å²) >= 11 is 0. The van der Waals surface area contributed by atoms with Gasteiger partial charge in [-0.15, -0.1) is 0 Å². The van der Waals surface area contributed by atoms with Crippen molar-refractivity contribution in [2.24, 2.45) is 11.7 Å². The van der Waals surface area contributed by atoms with Crippen LogP contribution in [0.2, 0.25) is 0 Å². The topological polar surface area (TPSA) is 41.3 Å². The lowest BCUT2D eigenvalue weighted by molar-refractivity contribution is 0.148. The van der Waals surface area contributed by atoms with Gasteiger partial charge in [0.05, 0.1) is 0 Å². The Kier molecular flexibility index (Phi) is 3.42. The van der Waals surface area contributed by atoms with Crippen molar-refractivity contribution < 1.29 is 0 Å². The van der Waals surface area contributed by atoms with Gasteiger partial charge in [-0.1, -0.05) is 0 Å². The molecule has 0 radical (unpaired) electrons. The van der Waals surface area contributed by atoms with Crippen molar-refractivity contribution in [1.82, 2.24) is 10.2 Å². The molecule has 3 N–H and O–H groups in total. The Morgan fingerprint density at radius 2 is 2.29 bits per heavy atom. The van der Waals surface area contributed by atoms with E-state index in [2.05, 4.69) is 17.1 Å². The fraction of sp³-hybridized carbons (Fsp3) is 1.00. The van der Waals surface area contributed by atoms with Gasteiger partial charge >= 0.3 is 0 Å². The van der Waals surface area contributed by atoms with Crippen molar-refractivity contribution in [2.75, 3.05) is 26.2 Å². The first-order chi connectivity index (χ1) is 6.75. The normalized spacial score (nSPS) is 40.3. The van der Waals surface area contributed by atoms with E-state index >= 15 is 0 Å². The van der Waals surface area contributed by atoms with E-state index in [0.717, 1.165) is 19.0 Å². The summed E-state index contributed by atoms with van der Waals surface area (Å²) in [5, 5.41) is 3.43. The third-order valence-electron chi connectivity index (χ3n) is 3.71. The van der Waals surface area contributed by atoms with Gasteiger partial charge < -0.3 is 11.1 Å². The van der Waals surface area contributed by atoms with Gasteiger partial charge in [0.25, 0.3) is 0 Å². The van der Waals surface area contributed by atoms with Gasteiger partial charge in [-0.2, -0.15) is 0 Å². The molecule has 2 aliphatic rings. The van der Waals surface area contributed by atoms with Crippen LogP contribution in [-0.2, 0) is 0 Å². The van der Waals surface area contributed by atoms with Crippen LogP contribution in [0.25, 0.3) is 0 Å². The lowest BCUT2D eigenvalue weighted by atomic mass is 10.1. The maximum atomic E-state index is 5.93. The third-order valence-corrected chi connectivity index (χ3v) is 3.71. The highest BCUT2D eigenvalue weighted by Crippen LogP contribution is 2.25. The second kappa shape index (κ2) is 4.60. The third kappa shape index (κ3) is 2.47. The molecule has 0 amide bonds. The number of hydrogen-bond acceptors (Lipinski definition) is 3. The first kappa shape index (κ1) is 10.4. The van der Waals surface area contributed by atoms with E-state index in [-0.39, 0.29) is 0 Å². The minimum Gasteiger partial charge on any atom is -0.328 e. The fourth-order valence-electron chi connectivity index (χ4n) is 2.77. The summed E-state index contributed by atoms with van der Waals surface area (Å²) in [6.45, 7) is 7.12. The van der Waals surface area contributed by atoms with Gasteiger partial charge in [0.15, 0.2) is 0 Å². The zero-order chi connectivity index (χ0) is 9.97. The van der Waals surface area contributed by atoms with E-state index in [9.17, 15) is 0 Å². The van der Waals surface area contributed by atoms with Crippen molar-refractivity contribution in [3.63, 3.8) is 0 Å². The average Bonchev–Trinajstić information content (AvgIpc) is 2.56. The van der Waals surface area contributed by atoms with Crippen LogP contribution >= 0.6 is 0 Å². The molecule has 0 aromatic carbocycles. The van der Waals surface area contributed by atoms with E-state index in [1.807, 2.05) is 0 Å². The molecule has 1 heterocycles. The van der Waals surface area contributed by atoms with Crippen molar-refractivity contribution in [2.45, 2.75) is 38.3 Å². The van der Waals surface area contributed by atoms with Crippen molar-refractivity contribution in [3.05, 3.63) is 0 Å². The van der Waals surface area contributed by atoms with E-state index in [4.69, 9.17) is 5.73 Å². The maximum absolute atomic E-state index is 5.93. The molecule has 82 valence electrons. The van der Waals surface area contributed by atoms with Gasteiger partial charge in [-0.25, -0.2) is 0 Å². The molecule has 1 saturated heterocycles. The van der Waals surface area contributed by atoms with Crippen LogP contribution in [0.15, 0.2) is 0 Å². The minimum atomic E-state index is 0.484. The van der Waals surface area contributed by atoms with Gasteiger partial charge in [0.2, 0.25) is 0 Å². The Labute approximate surface area is 87.0 Å². The molecule has 0 aromatic rings. The van der Waals surface area contributed by atoms with Crippen molar-refractivity contribution >= 4 is 0 Å². The molecule has 2 fully saturated rings. The van der Waals surface area contributed by atoms with Crippen LogP contribution in [0.1, 0.15) is 26.2 Å². The van der Waals surface area contributed by atoms with Crippen LogP contribution in [-0.4, -0.2) is 43.2 Å². The largest absolute Gasteiger partial charge is 0.328 e. The molecule has 0 bridgehead atoms. The number of hydrogen-bond donors (Lipinski definition) is 2. The minimum absolute atomic E-state index is 0.484. The molecule has 0 spiro atoms. The highest BCUT2D eigenvalue weighted by molar-refractivity contribution is 4.83. The summed E-state index contributed by atoms with van der Waals surface area (Å²) in [6.07, 6.45) is 3.83. The molecule has 1 saturated carbocycles. The number of piperazine rings is 1. The van der Waals surface area contributed by atoms with Gasteiger partial charge in [-0.05, 0) is 32.1 Å². The van der Waals surface area contributed by atoms with E-state index < -0.39 is 0 Å². The molecule has 3 nitrogen and oxygen atoms in total. The van der Waals surface area contributed by atoms with Crippen LogP contribution in [0.5, 0.6) is 0 Å². The van der Waals surface area contributed by atoms with Crippen molar-refractivity contribution in [3.8, 4) is 0 Å². The van der Waals surface area contributed by atoms with Crippen LogP contribution < -0.4 is 11.1 Å². The Bertz CT molecular complexity index is 183.